The highest BCUT2D eigenvalue weighted by Gasteiger charge is 2.30. The second-order valence-corrected chi connectivity index (χ2v) is 5.94. The van der Waals surface area contributed by atoms with Gasteiger partial charge in [-0.15, -0.1) is 0 Å². The number of halogens is 2. The summed E-state index contributed by atoms with van der Waals surface area (Å²) in [5, 5.41) is 4.54. The van der Waals surface area contributed by atoms with Gasteiger partial charge in [0.25, 0.3) is 0 Å². The maximum atomic E-state index is 6.16. The van der Waals surface area contributed by atoms with Crippen molar-refractivity contribution in [2.45, 2.75) is 26.4 Å². The molecule has 1 saturated heterocycles. The Morgan fingerprint density at radius 3 is 2.44 bits per heavy atom. The largest absolute Gasteiger partial charge is 0.487 e. The molecule has 0 bridgehead atoms. The highest BCUT2D eigenvalue weighted by atomic mass is 35.5. The second-order valence-electron chi connectivity index (χ2n) is 5.13. The topological polar surface area (TPSA) is 21.3 Å². The van der Waals surface area contributed by atoms with E-state index in [0.717, 1.165) is 19.5 Å². The summed E-state index contributed by atoms with van der Waals surface area (Å²) in [6.07, 6.45) is 1.29. The van der Waals surface area contributed by atoms with Crippen molar-refractivity contribution < 1.29 is 4.74 Å². The molecule has 1 fully saturated rings. The highest BCUT2D eigenvalue weighted by molar-refractivity contribution is 6.37. The fourth-order valence-electron chi connectivity index (χ4n) is 2.47. The van der Waals surface area contributed by atoms with Crippen LogP contribution in [0.15, 0.2) is 18.2 Å². The van der Waals surface area contributed by atoms with E-state index in [1.807, 2.05) is 18.2 Å². The Kier molecular flexibility index (Phi) is 4.77. The van der Waals surface area contributed by atoms with Gasteiger partial charge < -0.3 is 10.1 Å². The van der Waals surface area contributed by atoms with E-state index in [9.17, 15) is 0 Å². The molecule has 2 atom stereocenters. The van der Waals surface area contributed by atoms with Crippen molar-refractivity contribution in [1.29, 1.82) is 0 Å². The van der Waals surface area contributed by atoms with Gasteiger partial charge in [-0.05, 0) is 31.0 Å². The van der Waals surface area contributed by atoms with E-state index in [2.05, 4.69) is 19.2 Å². The lowest BCUT2D eigenvalue weighted by Crippen LogP contribution is -2.33. The summed E-state index contributed by atoms with van der Waals surface area (Å²) < 4.78 is 6.12. The molecule has 0 saturated carbocycles. The molecule has 4 heteroatoms. The van der Waals surface area contributed by atoms with Crippen LogP contribution in [0.2, 0.25) is 10.0 Å². The lowest BCUT2D eigenvalue weighted by atomic mass is 9.92. The van der Waals surface area contributed by atoms with Gasteiger partial charge >= 0.3 is 0 Å². The Morgan fingerprint density at radius 1 is 1.28 bits per heavy atom. The SMILES string of the molecule is CC(C)[C@H](Oc1c(Cl)cccc1Cl)[C@H]1CCNC1. The average molecular weight is 288 g/mol. The third-order valence-electron chi connectivity index (χ3n) is 3.39. The lowest BCUT2D eigenvalue weighted by molar-refractivity contribution is 0.0975. The Hall–Kier alpha value is -0.440. The van der Waals surface area contributed by atoms with Gasteiger partial charge in [-0.1, -0.05) is 43.1 Å². The van der Waals surface area contributed by atoms with E-state index in [-0.39, 0.29) is 6.10 Å². The molecule has 0 amide bonds. The van der Waals surface area contributed by atoms with Gasteiger partial charge in [-0.25, -0.2) is 0 Å². The molecule has 0 radical (unpaired) electrons. The Balaban J connectivity index is 2.18. The normalized spacial score (nSPS) is 21.3. The fourth-order valence-corrected chi connectivity index (χ4v) is 2.95. The van der Waals surface area contributed by atoms with Crippen LogP contribution in [0.3, 0.4) is 0 Å². The zero-order valence-electron chi connectivity index (χ0n) is 10.7. The van der Waals surface area contributed by atoms with Gasteiger partial charge in [0.2, 0.25) is 0 Å². The third-order valence-corrected chi connectivity index (χ3v) is 3.99. The van der Waals surface area contributed by atoms with Crippen LogP contribution < -0.4 is 10.1 Å². The standard InChI is InChI=1S/C14H19Cl2NO/c1-9(2)13(10-6-7-17-8-10)18-14-11(15)4-3-5-12(14)16/h3-5,9-10,13,17H,6-8H2,1-2H3/t10-,13-/m0/s1. The molecule has 1 aliphatic rings. The van der Waals surface area contributed by atoms with Gasteiger partial charge in [-0.3, -0.25) is 0 Å². The minimum Gasteiger partial charge on any atom is -0.487 e. The Bertz CT molecular complexity index is 383. The van der Waals surface area contributed by atoms with E-state index in [1.54, 1.807) is 0 Å². The van der Waals surface area contributed by atoms with Gasteiger partial charge in [0, 0.05) is 12.5 Å². The maximum absolute atomic E-state index is 6.16. The molecule has 100 valence electrons. The molecule has 0 unspecified atom stereocenters. The van der Waals surface area contributed by atoms with Gasteiger partial charge in [0.1, 0.15) is 6.10 Å². The van der Waals surface area contributed by atoms with Crippen molar-refractivity contribution in [3.63, 3.8) is 0 Å². The summed E-state index contributed by atoms with van der Waals surface area (Å²) in [7, 11) is 0. The van der Waals surface area contributed by atoms with Gasteiger partial charge in [0.05, 0.1) is 10.0 Å². The summed E-state index contributed by atoms with van der Waals surface area (Å²) in [4.78, 5) is 0. The first-order valence-corrected chi connectivity index (χ1v) is 7.16. The number of rotatable bonds is 4. The molecule has 0 spiro atoms. The van der Waals surface area contributed by atoms with E-state index < -0.39 is 0 Å². The first-order chi connectivity index (χ1) is 8.59. The Morgan fingerprint density at radius 2 is 1.94 bits per heavy atom. The van der Waals surface area contributed by atoms with E-state index in [1.165, 1.54) is 0 Å². The third kappa shape index (κ3) is 3.11. The molecule has 1 N–H and O–H groups in total. The minimum absolute atomic E-state index is 0.150. The smallest absolute Gasteiger partial charge is 0.156 e. The average Bonchev–Trinajstić information content (AvgIpc) is 2.81. The van der Waals surface area contributed by atoms with Crippen LogP contribution >= 0.6 is 23.2 Å². The number of benzene rings is 1. The van der Waals surface area contributed by atoms with Crippen LogP contribution in [0.4, 0.5) is 0 Å². The molecular weight excluding hydrogens is 269 g/mol. The van der Waals surface area contributed by atoms with Crippen molar-refractivity contribution in [1.82, 2.24) is 5.32 Å². The van der Waals surface area contributed by atoms with Crippen LogP contribution in [0.1, 0.15) is 20.3 Å². The quantitative estimate of drug-likeness (QED) is 0.904. The molecule has 1 aromatic carbocycles. The maximum Gasteiger partial charge on any atom is 0.156 e. The second kappa shape index (κ2) is 6.14. The molecule has 0 aliphatic carbocycles. The van der Waals surface area contributed by atoms with Crippen LogP contribution in [0, 0.1) is 11.8 Å². The number of ether oxygens (including phenoxy) is 1. The minimum atomic E-state index is 0.150. The zero-order chi connectivity index (χ0) is 13.1. The predicted molar refractivity (Wildman–Crippen MR) is 76.7 cm³/mol. The summed E-state index contributed by atoms with van der Waals surface area (Å²) in [6.45, 7) is 6.42. The van der Waals surface area contributed by atoms with Crippen molar-refractivity contribution in [2.24, 2.45) is 11.8 Å². The van der Waals surface area contributed by atoms with Crippen molar-refractivity contribution in [3.05, 3.63) is 28.2 Å². The van der Waals surface area contributed by atoms with E-state index in [0.29, 0.717) is 27.6 Å². The summed E-state index contributed by atoms with van der Waals surface area (Å²) in [5.41, 5.74) is 0. The van der Waals surface area contributed by atoms with Crippen molar-refractivity contribution in [3.8, 4) is 5.75 Å². The van der Waals surface area contributed by atoms with E-state index in [4.69, 9.17) is 27.9 Å². The summed E-state index contributed by atoms with van der Waals surface area (Å²) in [5.74, 6) is 1.58. The van der Waals surface area contributed by atoms with Crippen LogP contribution in [-0.2, 0) is 0 Å². The van der Waals surface area contributed by atoms with Gasteiger partial charge in [0.15, 0.2) is 5.75 Å². The molecule has 1 aromatic rings. The van der Waals surface area contributed by atoms with E-state index >= 15 is 0 Å². The summed E-state index contributed by atoms with van der Waals surface area (Å²) in [6, 6.07) is 5.46. The lowest BCUT2D eigenvalue weighted by Gasteiger charge is -2.28. The van der Waals surface area contributed by atoms with Gasteiger partial charge in [-0.2, -0.15) is 0 Å². The van der Waals surface area contributed by atoms with Crippen LogP contribution in [-0.4, -0.2) is 19.2 Å². The molecule has 1 aliphatic heterocycles. The number of nitrogens with one attached hydrogen (secondary N) is 1. The monoisotopic (exact) mass is 287 g/mol. The Labute approximate surface area is 119 Å². The predicted octanol–water partition coefficient (Wildman–Crippen LogP) is 4.01. The number of hydrogen-bond acceptors (Lipinski definition) is 2. The number of para-hydroxylation sites is 1. The molecule has 1 heterocycles. The summed E-state index contributed by atoms with van der Waals surface area (Å²) >= 11 is 12.3. The molecule has 2 rings (SSSR count). The highest BCUT2D eigenvalue weighted by Crippen LogP contribution is 2.35. The van der Waals surface area contributed by atoms with Crippen molar-refractivity contribution in [2.75, 3.05) is 13.1 Å². The van der Waals surface area contributed by atoms with Crippen LogP contribution in [0.25, 0.3) is 0 Å². The molecule has 0 aromatic heterocycles. The van der Waals surface area contributed by atoms with Crippen LogP contribution in [0.5, 0.6) is 5.75 Å². The molecule has 18 heavy (non-hydrogen) atoms. The first-order valence-electron chi connectivity index (χ1n) is 6.41. The zero-order valence-corrected chi connectivity index (χ0v) is 12.3. The van der Waals surface area contributed by atoms with Crippen molar-refractivity contribution >= 4 is 23.2 Å². The fraction of sp³-hybridized carbons (Fsp3) is 0.571. The molecule has 2 nitrogen and oxygen atoms in total. The first kappa shape index (κ1) is 14.0. The number of hydrogen-bond donors (Lipinski definition) is 1. The molecular formula is C14H19Cl2NO.